The molecule has 0 saturated carbocycles. The van der Waals surface area contributed by atoms with Crippen molar-refractivity contribution in [3.63, 3.8) is 0 Å². The molecule has 0 fully saturated rings. The Balaban J connectivity index is 4.52. The summed E-state index contributed by atoms with van der Waals surface area (Å²) in [7, 11) is -9.02. The van der Waals surface area contributed by atoms with E-state index in [9.17, 15) is 13.9 Å². The summed E-state index contributed by atoms with van der Waals surface area (Å²) in [5.41, 5.74) is 5.13. The van der Waals surface area contributed by atoms with Gasteiger partial charge >= 0.3 is 15.2 Å². The molecule has 0 unspecified atom stereocenters. The lowest BCUT2D eigenvalue weighted by molar-refractivity contribution is -0.121. The molecule has 1 amide bonds. The standard InChI is InChI=1S/C6H17N3O7P2/c7-1-2-8-6(10)3-9(4-17(11,12)13)5-18(14,15)16/h1-5,7H2,(H,8,10)(H2,11,12,13)(H2,14,15,16). The van der Waals surface area contributed by atoms with E-state index in [1.807, 2.05) is 0 Å². The zero-order valence-electron chi connectivity index (χ0n) is 9.47. The topological polar surface area (TPSA) is 173 Å². The van der Waals surface area contributed by atoms with Gasteiger partial charge in [0.2, 0.25) is 5.91 Å². The first-order valence-electron chi connectivity index (χ1n) is 4.82. The highest BCUT2D eigenvalue weighted by Crippen LogP contribution is 2.40. The number of rotatable bonds is 8. The summed E-state index contributed by atoms with van der Waals surface area (Å²) in [5, 5.41) is 2.32. The van der Waals surface area contributed by atoms with Crippen molar-refractivity contribution in [2.45, 2.75) is 0 Å². The second-order valence-corrected chi connectivity index (χ2v) is 6.80. The van der Waals surface area contributed by atoms with E-state index in [0.717, 1.165) is 0 Å². The second kappa shape index (κ2) is 7.32. The maximum Gasteiger partial charge on any atom is 0.339 e. The first-order chi connectivity index (χ1) is 8.03. The van der Waals surface area contributed by atoms with Gasteiger partial charge in [-0.15, -0.1) is 0 Å². The lowest BCUT2D eigenvalue weighted by Gasteiger charge is -2.22. The Hall–Kier alpha value is -0.310. The van der Waals surface area contributed by atoms with E-state index in [2.05, 4.69) is 5.32 Å². The molecule has 0 bridgehead atoms. The predicted molar refractivity (Wildman–Crippen MR) is 62.6 cm³/mol. The lowest BCUT2D eigenvalue weighted by atomic mass is 10.5. The molecule has 0 spiro atoms. The molecule has 108 valence electrons. The number of nitrogens with one attached hydrogen (secondary N) is 1. The van der Waals surface area contributed by atoms with Crippen molar-refractivity contribution in [1.29, 1.82) is 0 Å². The third-order valence-electron chi connectivity index (χ3n) is 1.60. The third kappa shape index (κ3) is 10.8. The molecule has 7 N–H and O–H groups in total. The summed E-state index contributed by atoms with van der Waals surface area (Å²) >= 11 is 0. The van der Waals surface area contributed by atoms with Gasteiger partial charge in [-0.3, -0.25) is 18.8 Å². The van der Waals surface area contributed by atoms with Gasteiger partial charge in [0, 0.05) is 13.1 Å². The summed E-state index contributed by atoms with van der Waals surface area (Å²) in [6.45, 7) is -0.183. The highest BCUT2D eigenvalue weighted by atomic mass is 31.2. The maximum absolute atomic E-state index is 11.3. The van der Waals surface area contributed by atoms with Crippen molar-refractivity contribution < 1.29 is 33.5 Å². The van der Waals surface area contributed by atoms with Gasteiger partial charge in [-0.25, -0.2) is 0 Å². The van der Waals surface area contributed by atoms with E-state index in [1.54, 1.807) is 0 Å². The molecule has 0 aromatic rings. The molecular weight excluding hydrogens is 288 g/mol. The summed E-state index contributed by atoms with van der Waals surface area (Å²) in [5.74, 6) is -0.623. The lowest BCUT2D eigenvalue weighted by Crippen LogP contribution is -2.39. The molecule has 10 nitrogen and oxygen atoms in total. The first kappa shape index (κ1) is 17.7. The highest BCUT2D eigenvalue weighted by molar-refractivity contribution is 7.52. The largest absolute Gasteiger partial charge is 0.354 e. The zero-order chi connectivity index (χ0) is 14.4. The van der Waals surface area contributed by atoms with Crippen LogP contribution in [-0.4, -0.2) is 62.6 Å². The van der Waals surface area contributed by atoms with E-state index >= 15 is 0 Å². The number of amides is 1. The van der Waals surface area contributed by atoms with Crippen molar-refractivity contribution in [3.05, 3.63) is 0 Å². The Kier molecular flexibility index (Phi) is 7.19. The number of carbonyl (C=O) groups excluding carboxylic acids is 1. The average Bonchev–Trinajstić information content (AvgIpc) is 2.08. The van der Waals surface area contributed by atoms with Crippen LogP contribution in [0.1, 0.15) is 0 Å². The normalized spacial score (nSPS) is 12.8. The van der Waals surface area contributed by atoms with Crippen LogP contribution in [-0.2, 0) is 13.9 Å². The Morgan fingerprint density at radius 1 is 1.11 bits per heavy atom. The minimum atomic E-state index is -4.51. The van der Waals surface area contributed by atoms with Crippen molar-refractivity contribution >= 4 is 21.1 Å². The molecule has 0 aliphatic rings. The molecule has 18 heavy (non-hydrogen) atoms. The predicted octanol–water partition coefficient (Wildman–Crippen LogP) is -2.37. The van der Waals surface area contributed by atoms with Crippen LogP contribution in [0, 0.1) is 0 Å². The molecule has 0 aliphatic carbocycles. The van der Waals surface area contributed by atoms with Crippen LogP contribution >= 0.6 is 15.2 Å². The van der Waals surface area contributed by atoms with E-state index in [-0.39, 0.29) is 13.1 Å². The first-order valence-corrected chi connectivity index (χ1v) is 8.41. The number of nitrogens with two attached hydrogens (primary N) is 1. The number of nitrogens with zero attached hydrogens (tertiary/aromatic N) is 1. The van der Waals surface area contributed by atoms with E-state index < -0.39 is 40.2 Å². The van der Waals surface area contributed by atoms with E-state index in [0.29, 0.717) is 4.90 Å². The molecule has 0 radical (unpaired) electrons. The molecule has 12 heteroatoms. The van der Waals surface area contributed by atoms with Crippen LogP contribution < -0.4 is 11.1 Å². The fraction of sp³-hybridized carbons (Fsp3) is 0.833. The molecule has 0 atom stereocenters. The van der Waals surface area contributed by atoms with Gasteiger partial charge in [0.05, 0.1) is 6.54 Å². The maximum atomic E-state index is 11.3. The zero-order valence-corrected chi connectivity index (χ0v) is 11.3. The molecule has 0 aromatic heterocycles. The van der Waals surface area contributed by atoms with Crippen molar-refractivity contribution in [1.82, 2.24) is 10.2 Å². The van der Waals surface area contributed by atoms with Crippen LogP contribution in [0.15, 0.2) is 0 Å². The molecule has 0 rings (SSSR count). The highest BCUT2D eigenvalue weighted by Gasteiger charge is 2.27. The Morgan fingerprint density at radius 2 is 1.56 bits per heavy atom. The van der Waals surface area contributed by atoms with Crippen molar-refractivity contribution in [2.24, 2.45) is 5.73 Å². The molecule has 0 aromatic carbocycles. The van der Waals surface area contributed by atoms with E-state index in [1.165, 1.54) is 0 Å². The van der Waals surface area contributed by atoms with Gasteiger partial charge in [-0.05, 0) is 0 Å². The molecule has 0 heterocycles. The van der Waals surface area contributed by atoms with E-state index in [4.69, 9.17) is 25.3 Å². The van der Waals surface area contributed by atoms with Crippen molar-refractivity contribution in [2.75, 3.05) is 32.2 Å². The summed E-state index contributed by atoms with van der Waals surface area (Å²) in [6, 6.07) is 0. The number of hydrogen-bond acceptors (Lipinski definition) is 5. The summed E-state index contributed by atoms with van der Waals surface area (Å²) < 4.78 is 21.5. The fourth-order valence-electron chi connectivity index (χ4n) is 1.14. The minimum absolute atomic E-state index is 0.165. The Labute approximate surface area is 103 Å². The average molecular weight is 305 g/mol. The second-order valence-electron chi connectivity index (χ2n) is 3.58. The van der Waals surface area contributed by atoms with Crippen molar-refractivity contribution in [3.8, 4) is 0 Å². The minimum Gasteiger partial charge on any atom is -0.354 e. The monoisotopic (exact) mass is 305 g/mol. The number of carbonyl (C=O) groups is 1. The van der Waals surface area contributed by atoms with Crippen LogP contribution in [0.3, 0.4) is 0 Å². The van der Waals surface area contributed by atoms with Gasteiger partial charge in [-0.2, -0.15) is 0 Å². The van der Waals surface area contributed by atoms with Crippen LogP contribution in [0.4, 0.5) is 0 Å². The SMILES string of the molecule is NCCNC(=O)CN(CP(=O)(O)O)CP(=O)(O)O. The number of hydrogen-bond donors (Lipinski definition) is 6. The van der Waals surface area contributed by atoms with Crippen LogP contribution in [0.2, 0.25) is 0 Å². The van der Waals surface area contributed by atoms with Gasteiger partial charge < -0.3 is 30.6 Å². The van der Waals surface area contributed by atoms with Crippen LogP contribution in [0.5, 0.6) is 0 Å². The molecular formula is C6H17N3O7P2. The Bertz CT molecular complexity index is 340. The van der Waals surface area contributed by atoms with Crippen LogP contribution in [0.25, 0.3) is 0 Å². The third-order valence-corrected chi connectivity index (χ3v) is 3.14. The van der Waals surface area contributed by atoms with Gasteiger partial charge in [0.1, 0.15) is 12.6 Å². The Morgan fingerprint density at radius 3 is 1.89 bits per heavy atom. The molecule has 0 aliphatic heterocycles. The summed E-state index contributed by atoms with van der Waals surface area (Å²) in [4.78, 5) is 46.9. The van der Waals surface area contributed by atoms with Gasteiger partial charge in [-0.1, -0.05) is 0 Å². The van der Waals surface area contributed by atoms with Gasteiger partial charge in [0.15, 0.2) is 0 Å². The quantitative estimate of drug-likeness (QED) is 0.268. The van der Waals surface area contributed by atoms with Gasteiger partial charge in [0.25, 0.3) is 0 Å². The fourth-order valence-corrected chi connectivity index (χ4v) is 2.74. The smallest absolute Gasteiger partial charge is 0.339 e. The molecule has 0 saturated heterocycles. The summed E-state index contributed by atoms with van der Waals surface area (Å²) in [6.07, 6.45) is -1.82.